The molecule has 4 N–H and O–H groups in total. The fourth-order valence-corrected chi connectivity index (χ4v) is 1.91. The molecule has 20 heavy (non-hydrogen) atoms. The maximum atomic E-state index is 11.9. The van der Waals surface area contributed by atoms with E-state index in [1.807, 2.05) is 6.26 Å². The Balaban J connectivity index is 2.71. The monoisotopic (exact) mass is 298 g/mol. The summed E-state index contributed by atoms with van der Waals surface area (Å²) in [5, 5.41) is 14.0. The zero-order chi connectivity index (χ0) is 15.1. The molecule has 1 amide bonds. The van der Waals surface area contributed by atoms with Crippen LogP contribution < -0.4 is 16.6 Å². The number of hydrazine groups is 1. The number of carbonyl (C=O) groups excluding carboxylic acids is 1. The number of nitrogens with one attached hydrogen (secondary N) is 2. The molecule has 0 aromatic heterocycles. The SMILES string of the molecule is CSC(C)CCNC(=O)c1ccc([N+](=O)[O-])c(NN)c1. The van der Waals surface area contributed by atoms with Gasteiger partial charge in [0, 0.05) is 23.4 Å². The molecule has 0 aliphatic carbocycles. The van der Waals surface area contributed by atoms with Crippen molar-refractivity contribution >= 4 is 29.0 Å². The maximum absolute atomic E-state index is 11.9. The lowest BCUT2D eigenvalue weighted by Gasteiger charge is -2.10. The minimum atomic E-state index is -0.559. The highest BCUT2D eigenvalue weighted by Crippen LogP contribution is 2.24. The van der Waals surface area contributed by atoms with E-state index in [1.165, 1.54) is 18.2 Å². The topological polar surface area (TPSA) is 110 Å². The molecular formula is C12H18N4O3S. The van der Waals surface area contributed by atoms with E-state index in [1.54, 1.807) is 11.8 Å². The molecule has 0 heterocycles. The zero-order valence-electron chi connectivity index (χ0n) is 11.4. The Hall–Kier alpha value is -1.80. The van der Waals surface area contributed by atoms with Crippen molar-refractivity contribution in [2.45, 2.75) is 18.6 Å². The van der Waals surface area contributed by atoms with Gasteiger partial charge in [0.1, 0.15) is 5.69 Å². The average molecular weight is 298 g/mol. The summed E-state index contributed by atoms with van der Waals surface area (Å²) in [5.74, 6) is 4.95. The summed E-state index contributed by atoms with van der Waals surface area (Å²) < 4.78 is 0. The molecule has 0 radical (unpaired) electrons. The number of nitrogens with zero attached hydrogens (tertiary/aromatic N) is 1. The van der Waals surface area contributed by atoms with E-state index in [0.717, 1.165) is 6.42 Å². The molecule has 0 aliphatic heterocycles. The number of amides is 1. The van der Waals surface area contributed by atoms with Crippen molar-refractivity contribution < 1.29 is 9.72 Å². The minimum absolute atomic E-state index is 0.111. The summed E-state index contributed by atoms with van der Waals surface area (Å²) in [4.78, 5) is 22.1. The minimum Gasteiger partial charge on any atom is -0.352 e. The number of benzene rings is 1. The number of rotatable bonds is 7. The number of hydrogen-bond acceptors (Lipinski definition) is 6. The molecule has 1 atom stereocenters. The fourth-order valence-electron chi connectivity index (χ4n) is 1.56. The van der Waals surface area contributed by atoms with E-state index >= 15 is 0 Å². The van der Waals surface area contributed by atoms with Gasteiger partial charge in [-0.05, 0) is 24.8 Å². The quantitative estimate of drug-likeness (QED) is 0.402. The Bertz CT molecular complexity index is 496. The number of nitrogen functional groups attached to an aromatic ring is 1. The average Bonchev–Trinajstić information content (AvgIpc) is 2.45. The van der Waals surface area contributed by atoms with Gasteiger partial charge in [0.05, 0.1) is 4.92 Å². The molecule has 110 valence electrons. The summed E-state index contributed by atoms with van der Waals surface area (Å²) >= 11 is 1.73. The lowest BCUT2D eigenvalue weighted by atomic mass is 10.1. The molecule has 1 aromatic rings. The van der Waals surface area contributed by atoms with Crippen molar-refractivity contribution in [3.8, 4) is 0 Å². The van der Waals surface area contributed by atoms with Crippen LogP contribution in [0.4, 0.5) is 11.4 Å². The van der Waals surface area contributed by atoms with Gasteiger partial charge in [-0.3, -0.25) is 20.8 Å². The van der Waals surface area contributed by atoms with Crippen molar-refractivity contribution in [1.29, 1.82) is 0 Å². The fraction of sp³-hybridized carbons (Fsp3) is 0.417. The normalized spacial score (nSPS) is 11.8. The zero-order valence-corrected chi connectivity index (χ0v) is 12.2. The predicted molar refractivity (Wildman–Crippen MR) is 80.8 cm³/mol. The van der Waals surface area contributed by atoms with Gasteiger partial charge in [0.25, 0.3) is 11.6 Å². The van der Waals surface area contributed by atoms with Gasteiger partial charge < -0.3 is 10.7 Å². The summed E-state index contributed by atoms with van der Waals surface area (Å²) in [6.07, 6.45) is 2.88. The lowest BCUT2D eigenvalue weighted by molar-refractivity contribution is -0.384. The Morgan fingerprint density at radius 1 is 1.55 bits per heavy atom. The summed E-state index contributed by atoms with van der Waals surface area (Å²) in [7, 11) is 0. The van der Waals surface area contributed by atoms with Gasteiger partial charge in [-0.1, -0.05) is 6.92 Å². The second-order valence-corrected chi connectivity index (χ2v) is 5.50. The van der Waals surface area contributed by atoms with Crippen LogP contribution in [0.25, 0.3) is 0 Å². The van der Waals surface area contributed by atoms with Gasteiger partial charge in [0.15, 0.2) is 0 Å². The first-order valence-corrected chi connectivity index (χ1v) is 7.34. The Morgan fingerprint density at radius 3 is 2.80 bits per heavy atom. The third-order valence-corrected chi connectivity index (χ3v) is 3.89. The first-order chi connectivity index (χ1) is 9.49. The number of carbonyl (C=O) groups is 1. The third-order valence-electron chi connectivity index (χ3n) is 2.85. The van der Waals surface area contributed by atoms with Crippen LogP contribution in [-0.2, 0) is 0 Å². The second-order valence-electron chi connectivity index (χ2n) is 4.22. The number of anilines is 1. The number of thioether (sulfide) groups is 1. The number of nitro groups is 1. The molecule has 0 fully saturated rings. The van der Waals surface area contributed by atoms with Crippen LogP contribution in [-0.4, -0.2) is 28.9 Å². The standard InChI is InChI=1S/C12H18N4O3S/c1-8(20-2)5-6-14-12(17)9-3-4-11(16(18)19)10(7-9)15-13/h3-4,7-8,15H,5-6,13H2,1-2H3,(H,14,17). The van der Waals surface area contributed by atoms with Crippen LogP contribution in [0.2, 0.25) is 0 Å². The van der Waals surface area contributed by atoms with Crippen molar-refractivity contribution in [3.63, 3.8) is 0 Å². The highest BCUT2D eigenvalue weighted by Gasteiger charge is 2.16. The highest BCUT2D eigenvalue weighted by molar-refractivity contribution is 7.99. The molecule has 7 nitrogen and oxygen atoms in total. The largest absolute Gasteiger partial charge is 0.352 e. The van der Waals surface area contributed by atoms with Gasteiger partial charge in [0.2, 0.25) is 0 Å². The van der Waals surface area contributed by atoms with Crippen LogP contribution in [0.15, 0.2) is 18.2 Å². The predicted octanol–water partition coefficient (Wildman–Crippen LogP) is 1.75. The van der Waals surface area contributed by atoms with E-state index in [4.69, 9.17) is 5.84 Å². The van der Waals surface area contributed by atoms with Gasteiger partial charge in [-0.2, -0.15) is 11.8 Å². The molecular weight excluding hydrogens is 280 g/mol. The van der Waals surface area contributed by atoms with Crippen LogP contribution in [0.5, 0.6) is 0 Å². The molecule has 1 unspecified atom stereocenters. The summed E-state index contributed by atoms with van der Waals surface area (Å²) in [6, 6.07) is 4.03. The van der Waals surface area contributed by atoms with Gasteiger partial charge in [-0.25, -0.2) is 0 Å². The van der Waals surface area contributed by atoms with Crippen LogP contribution in [0.3, 0.4) is 0 Å². The molecule has 8 heteroatoms. The molecule has 0 saturated heterocycles. The lowest BCUT2D eigenvalue weighted by Crippen LogP contribution is -2.26. The van der Waals surface area contributed by atoms with Gasteiger partial charge in [-0.15, -0.1) is 0 Å². The van der Waals surface area contributed by atoms with Crippen molar-refractivity contribution in [2.75, 3.05) is 18.2 Å². The van der Waals surface area contributed by atoms with Crippen molar-refractivity contribution in [3.05, 3.63) is 33.9 Å². The summed E-state index contributed by atoms with van der Waals surface area (Å²) in [5.41, 5.74) is 2.51. The molecule has 1 rings (SSSR count). The van der Waals surface area contributed by atoms with E-state index in [-0.39, 0.29) is 17.3 Å². The van der Waals surface area contributed by atoms with Crippen molar-refractivity contribution in [2.24, 2.45) is 5.84 Å². The number of nitro benzene ring substituents is 1. The summed E-state index contributed by atoms with van der Waals surface area (Å²) in [6.45, 7) is 2.64. The molecule has 0 saturated carbocycles. The van der Waals surface area contributed by atoms with E-state index < -0.39 is 4.92 Å². The van der Waals surface area contributed by atoms with Crippen molar-refractivity contribution in [1.82, 2.24) is 5.32 Å². The number of nitrogens with two attached hydrogens (primary N) is 1. The maximum Gasteiger partial charge on any atom is 0.293 e. The van der Waals surface area contributed by atoms with Crippen LogP contribution >= 0.6 is 11.8 Å². The van der Waals surface area contributed by atoms with E-state index in [2.05, 4.69) is 17.7 Å². The van der Waals surface area contributed by atoms with Crippen LogP contribution in [0.1, 0.15) is 23.7 Å². The van der Waals surface area contributed by atoms with Crippen LogP contribution in [0, 0.1) is 10.1 Å². The Labute approximate surface area is 121 Å². The molecule has 0 spiro atoms. The highest BCUT2D eigenvalue weighted by atomic mass is 32.2. The third kappa shape index (κ3) is 4.39. The first-order valence-electron chi connectivity index (χ1n) is 6.05. The number of hydrogen-bond donors (Lipinski definition) is 3. The Morgan fingerprint density at radius 2 is 2.25 bits per heavy atom. The molecule has 0 aliphatic rings. The van der Waals surface area contributed by atoms with Gasteiger partial charge >= 0.3 is 0 Å². The second kappa shape index (κ2) is 7.71. The smallest absolute Gasteiger partial charge is 0.293 e. The molecule has 0 bridgehead atoms. The van der Waals surface area contributed by atoms with E-state index in [0.29, 0.717) is 17.4 Å². The Kier molecular flexibility index (Phi) is 6.26. The molecule has 1 aromatic carbocycles. The first kappa shape index (κ1) is 16.3. The van der Waals surface area contributed by atoms with E-state index in [9.17, 15) is 14.9 Å².